The smallest absolute Gasteiger partial charge is 0.337 e. The molecule has 1 atom stereocenters. The van der Waals surface area contributed by atoms with E-state index in [1.54, 1.807) is 6.92 Å². The number of carbonyl (C=O) groups excluding carboxylic acids is 2. The lowest BCUT2D eigenvalue weighted by molar-refractivity contribution is -0.136. The van der Waals surface area contributed by atoms with Crippen LogP contribution in [0.1, 0.15) is 35.2 Å². The van der Waals surface area contributed by atoms with E-state index in [-0.39, 0.29) is 6.03 Å². The summed E-state index contributed by atoms with van der Waals surface area (Å²) < 4.78 is 4.86. The van der Waals surface area contributed by atoms with E-state index in [1.807, 2.05) is 32.9 Å². The molecule has 1 heterocycles. The zero-order chi connectivity index (χ0) is 15.7. The van der Waals surface area contributed by atoms with Gasteiger partial charge in [0.15, 0.2) is 0 Å². The van der Waals surface area contributed by atoms with Crippen molar-refractivity contribution in [1.29, 1.82) is 0 Å². The average Bonchev–Trinajstić information content (AvgIpc) is 2.36. The van der Waals surface area contributed by atoms with E-state index in [4.69, 9.17) is 4.74 Å². The molecule has 0 fully saturated rings. The highest BCUT2D eigenvalue weighted by Gasteiger charge is 2.33. The Balaban J connectivity index is 2.62. The molecule has 0 saturated carbocycles. The van der Waals surface area contributed by atoms with Crippen molar-refractivity contribution in [2.24, 2.45) is 0 Å². The topological polar surface area (TPSA) is 67.4 Å². The third-order valence-electron chi connectivity index (χ3n) is 3.70. The molecule has 0 spiro atoms. The Morgan fingerprint density at radius 2 is 1.71 bits per heavy atom. The molecule has 2 rings (SSSR count). The Bertz CT molecular complexity index is 624. The van der Waals surface area contributed by atoms with Gasteiger partial charge >= 0.3 is 12.0 Å². The minimum absolute atomic E-state index is 0.315. The summed E-state index contributed by atoms with van der Waals surface area (Å²) in [7, 11) is 1.34. The van der Waals surface area contributed by atoms with E-state index in [2.05, 4.69) is 10.6 Å². The summed E-state index contributed by atoms with van der Waals surface area (Å²) in [5, 5.41) is 5.44. The average molecular weight is 288 g/mol. The van der Waals surface area contributed by atoms with Crippen molar-refractivity contribution in [3.05, 3.63) is 45.7 Å². The number of nitrogens with one attached hydrogen (secondary N) is 2. The van der Waals surface area contributed by atoms with Crippen molar-refractivity contribution < 1.29 is 14.3 Å². The van der Waals surface area contributed by atoms with Crippen LogP contribution in [0.5, 0.6) is 0 Å². The van der Waals surface area contributed by atoms with Gasteiger partial charge in [0, 0.05) is 5.70 Å². The molecule has 1 aliphatic heterocycles. The van der Waals surface area contributed by atoms with Crippen LogP contribution in [0.3, 0.4) is 0 Å². The fourth-order valence-electron chi connectivity index (χ4n) is 2.94. The van der Waals surface area contributed by atoms with Gasteiger partial charge in [-0.3, -0.25) is 0 Å². The molecule has 0 bridgehead atoms. The SMILES string of the molecule is COC(=O)C1=C(C)NC(=O)N[C@@H]1c1c(C)cc(C)cc1C. The normalized spacial score (nSPS) is 18.1. The maximum absolute atomic E-state index is 12.1. The molecule has 1 aromatic rings. The summed E-state index contributed by atoms with van der Waals surface area (Å²) in [5.41, 5.74) is 5.12. The number of hydrogen-bond acceptors (Lipinski definition) is 3. The molecule has 1 aromatic carbocycles. The van der Waals surface area contributed by atoms with Crippen LogP contribution >= 0.6 is 0 Å². The van der Waals surface area contributed by atoms with Gasteiger partial charge in [-0.05, 0) is 44.4 Å². The van der Waals surface area contributed by atoms with Gasteiger partial charge in [0.2, 0.25) is 0 Å². The number of amides is 2. The second kappa shape index (κ2) is 5.60. The Kier molecular flexibility index (Phi) is 4.02. The van der Waals surface area contributed by atoms with E-state index >= 15 is 0 Å². The molecule has 2 amide bonds. The monoisotopic (exact) mass is 288 g/mol. The van der Waals surface area contributed by atoms with Gasteiger partial charge in [0.1, 0.15) is 0 Å². The fraction of sp³-hybridized carbons (Fsp3) is 0.375. The summed E-state index contributed by atoms with van der Waals surface area (Å²) in [6, 6.07) is 3.28. The lowest BCUT2D eigenvalue weighted by Gasteiger charge is -2.30. The highest BCUT2D eigenvalue weighted by atomic mass is 16.5. The van der Waals surface area contributed by atoms with E-state index in [9.17, 15) is 9.59 Å². The van der Waals surface area contributed by atoms with Crippen molar-refractivity contribution in [3.63, 3.8) is 0 Å². The second-order valence-corrected chi connectivity index (χ2v) is 5.37. The maximum atomic E-state index is 12.1. The van der Waals surface area contributed by atoms with Gasteiger partial charge in [0.25, 0.3) is 0 Å². The lowest BCUT2D eigenvalue weighted by atomic mass is 9.88. The number of methoxy groups -OCH3 is 1. The zero-order valence-corrected chi connectivity index (χ0v) is 13.0. The van der Waals surface area contributed by atoms with Gasteiger partial charge < -0.3 is 15.4 Å². The molecular weight excluding hydrogens is 268 g/mol. The van der Waals surface area contributed by atoms with Crippen LogP contribution in [0.4, 0.5) is 4.79 Å². The largest absolute Gasteiger partial charge is 0.466 e. The fourth-order valence-corrected chi connectivity index (χ4v) is 2.94. The van der Waals surface area contributed by atoms with Crippen molar-refractivity contribution >= 4 is 12.0 Å². The quantitative estimate of drug-likeness (QED) is 0.821. The number of esters is 1. The Labute approximate surface area is 124 Å². The first-order chi connectivity index (χ1) is 9.85. The standard InChI is InChI=1S/C16H20N2O3/c1-8-6-9(2)12(10(3)7-8)14-13(15(19)21-5)11(4)17-16(20)18-14/h6-7,14H,1-5H3,(H2,17,18,20)/t14-/m1/s1. The van der Waals surface area contributed by atoms with Crippen LogP contribution < -0.4 is 10.6 Å². The van der Waals surface area contributed by atoms with Gasteiger partial charge in [-0.2, -0.15) is 0 Å². The van der Waals surface area contributed by atoms with Crippen molar-refractivity contribution in [3.8, 4) is 0 Å². The Hall–Kier alpha value is -2.30. The van der Waals surface area contributed by atoms with Crippen LogP contribution in [0.25, 0.3) is 0 Å². The number of rotatable bonds is 2. The van der Waals surface area contributed by atoms with Crippen LogP contribution in [0.15, 0.2) is 23.4 Å². The summed E-state index contributed by atoms with van der Waals surface area (Å²) in [4.78, 5) is 23.9. The number of benzene rings is 1. The molecule has 0 radical (unpaired) electrons. The van der Waals surface area contributed by atoms with Crippen molar-refractivity contribution in [2.45, 2.75) is 33.7 Å². The number of carbonyl (C=O) groups is 2. The molecule has 2 N–H and O–H groups in total. The molecule has 21 heavy (non-hydrogen) atoms. The first-order valence-corrected chi connectivity index (χ1v) is 6.79. The third-order valence-corrected chi connectivity index (χ3v) is 3.70. The van der Waals surface area contributed by atoms with Crippen LogP contribution in [-0.4, -0.2) is 19.1 Å². The minimum Gasteiger partial charge on any atom is -0.466 e. The summed E-state index contributed by atoms with van der Waals surface area (Å²) >= 11 is 0. The zero-order valence-electron chi connectivity index (χ0n) is 13.0. The predicted octanol–water partition coefficient (Wildman–Crippen LogP) is 2.41. The molecule has 1 aliphatic rings. The molecule has 112 valence electrons. The first-order valence-electron chi connectivity index (χ1n) is 6.79. The molecule has 5 heteroatoms. The number of aryl methyl sites for hydroxylation is 3. The van der Waals surface area contributed by atoms with E-state index < -0.39 is 12.0 Å². The summed E-state index contributed by atoms with van der Waals surface area (Å²) in [6.07, 6.45) is 0. The second-order valence-electron chi connectivity index (χ2n) is 5.37. The van der Waals surface area contributed by atoms with Gasteiger partial charge in [-0.25, -0.2) is 9.59 Å². The molecular formula is C16H20N2O3. The summed E-state index contributed by atoms with van der Waals surface area (Å²) in [5.74, 6) is -0.440. The van der Waals surface area contributed by atoms with Gasteiger partial charge in [0.05, 0.1) is 18.7 Å². The number of ether oxygens (including phenoxy) is 1. The molecule has 0 saturated heterocycles. The third kappa shape index (κ3) is 2.77. The van der Waals surface area contributed by atoms with Crippen LogP contribution in [0, 0.1) is 20.8 Å². The number of allylic oxidation sites excluding steroid dienone is 1. The maximum Gasteiger partial charge on any atom is 0.337 e. The molecule has 0 unspecified atom stereocenters. The molecule has 0 aliphatic carbocycles. The Morgan fingerprint density at radius 1 is 1.14 bits per heavy atom. The highest BCUT2D eigenvalue weighted by molar-refractivity contribution is 5.95. The van der Waals surface area contributed by atoms with Gasteiger partial charge in [-0.15, -0.1) is 0 Å². The first kappa shape index (κ1) is 15.1. The summed E-state index contributed by atoms with van der Waals surface area (Å²) in [6.45, 7) is 7.69. The van der Waals surface area contributed by atoms with E-state index in [0.29, 0.717) is 11.3 Å². The van der Waals surface area contributed by atoms with E-state index in [0.717, 1.165) is 22.3 Å². The van der Waals surface area contributed by atoms with Crippen molar-refractivity contribution in [2.75, 3.05) is 7.11 Å². The van der Waals surface area contributed by atoms with Crippen LogP contribution in [0.2, 0.25) is 0 Å². The molecule has 5 nitrogen and oxygen atoms in total. The number of hydrogen-bond donors (Lipinski definition) is 2. The minimum atomic E-state index is -0.494. The van der Waals surface area contributed by atoms with Gasteiger partial charge in [-0.1, -0.05) is 17.7 Å². The Morgan fingerprint density at radius 3 is 2.24 bits per heavy atom. The van der Waals surface area contributed by atoms with Crippen molar-refractivity contribution in [1.82, 2.24) is 10.6 Å². The predicted molar refractivity (Wildman–Crippen MR) is 79.8 cm³/mol. The number of urea groups is 1. The molecule has 0 aromatic heterocycles. The van der Waals surface area contributed by atoms with E-state index in [1.165, 1.54) is 7.11 Å². The highest BCUT2D eigenvalue weighted by Crippen LogP contribution is 2.32. The van der Waals surface area contributed by atoms with Crippen LogP contribution in [-0.2, 0) is 9.53 Å². The lowest BCUT2D eigenvalue weighted by Crippen LogP contribution is -2.45.